The average molecular weight is 373 g/mol. The Labute approximate surface area is 138 Å². The first-order valence-corrected chi connectivity index (χ1v) is 8.02. The van der Waals surface area contributed by atoms with Crippen LogP contribution in [-0.2, 0) is 0 Å². The summed E-state index contributed by atoms with van der Waals surface area (Å²) in [6.07, 6.45) is 0. The van der Waals surface area contributed by atoms with Crippen LogP contribution < -0.4 is 5.32 Å². The van der Waals surface area contributed by atoms with E-state index in [1.807, 2.05) is 37.3 Å². The molecular formula is C16H16BrCl2N. The van der Waals surface area contributed by atoms with Gasteiger partial charge in [0.15, 0.2) is 0 Å². The molecule has 20 heavy (non-hydrogen) atoms. The Bertz CT molecular complexity index is 613. The van der Waals surface area contributed by atoms with E-state index in [0.717, 1.165) is 37.8 Å². The van der Waals surface area contributed by atoms with E-state index in [1.54, 1.807) is 0 Å². The molecule has 0 saturated carbocycles. The van der Waals surface area contributed by atoms with Crippen LogP contribution in [0.2, 0.25) is 10.0 Å². The van der Waals surface area contributed by atoms with Crippen LogP contribution in [0.1, 0.15) is 29.7 Å². The zero-order valence-corrected chi connectivity index (χ0v) is 14.5. The quantitative estimate of drug-likeness (QED) is 0.718. The molecule has 0 amide bonds. The van der Waals surface area contributed by atoms with Crippen LogP contribution in [0.4, 0.5) is 0 Å². The molecule has 1 unspecified atom stereocenters. The lowest BCUT2D eigenvalue weighted by atomic mass is 9.97. The van der Waals surface area contributed by atoms with Gasteiger partial charge in [0, 0.05) is 14.5 Å². The van der Waals surface area contributed by atoms with E-state index in [4.69, 9.17) is 23.2 Å². The third-order valence-corrected chi connectivity index (χ3v) is 4.44. The van der Waals surface area contributed by atoms with Crippen molar-refractivity contribution in [3.8, 4) is 0 Å². The molecule has 2 aromatic carbocycles. The minimum atomic E-state index is 0.0405. The van der Waals surface area contributed by atoms with Gasteiger partial charge in [-0.05, 0) is 48.4 Å². The Hall–Kier alpha value is -0.540. The van der Waals surface area contributed by atoms with E-state index in [9.17, 15) is 0 Å². The van der Waals surface area contributed by atoms with Gasteiger partial charge < -0.3 is 5.32 Å². The first-order chi connectivity index (χ1) is 9.52. The maximum atomic E-state index is 6.38. The molecule has 1 atom stereocenters. The second-order valence-electron chi connectivity index (χ2n) is 4.67. The van der Waals surface area contributed by atoms with E-state index in [-0.39, 0.29) is 6.04 Å². The van der Waals surface area contributed by atoms with E-state index in [1.165, 1.54) is 0 Å². The molecule has 0 heterocycles. The molecule has 0 aliphatic carbocycles. The highest BCUT2D eigenvalue weighted by molar-refractivity contribution is 9.10. The van der Waals surface area contributed by atoms with Crippen molar-refractivity contribution in [2.45, 2.75) is 19.9 Å². The number of hydrogen-bond acceptors (Lipinski definition) is 1. The van der Waals surface area contributed by atoms with Crippen molar-refractivity contribution in [1.82, 2.24) is 5.32 Å². The van der Waals surface area contributed by atoms with Crippen LogP contribution in [0.3, 0.4) is 0 Å². The molecule has 2 rings (SSSR count). The van der Waals surface area contributed by atoms with E-state index >= 15 is 0 Å². The Kier molecular flexibility index (Phi) is 5.50. The normalized spacial score (nSPS) is 12.4. The number of benzene rings is 2. The highest BCUT2D eigenvalue weighted by Crippen LogP contribution is 2.32. The van der Waals surface area contributed by atoms with Gasteiger partial charge in [0.2, 0.25) is 0 Å². The molecule has 0 aliphatic rings. The van der Waals surface area contributed by atoms with Crippen molar-refractivity contribution in [1.29, 1.82) is 0 Å². The fourth-order valence-corrected chi connectivity index (χ4v) is 3.11. The van der Waals surface area contributed by atoms with Crippen LogP contribution in [0.5, 0.6) is 0 Å². The number of aryl methyl sites for hydroxylation is 1. The molecule has 0 saturated heterocycles. The van der Waals surface area contributed by atoms with Crippen molar-refractivity contribution in [2.24, 2.45) is 0 Å². The second kappa shape index (κ2) is 6.95. The van der Waals surface area contributed by atoms with Crippen LogP contribution >= 0.6 is 39.1 Å². The Balaban J connectivity index is 2.47. The average Bonchev–Trinajstić information content (AvgIpc) is 2.40. The van der Waals surface area contributed by atoms with Gasteiger partial charge in [-0.2, -0.15) is 0 Å². The third kappa shape index (κ3) is 3.56. The molecule has 0 aromatic heterocycles. The SMILES string of the molecule is CCNC(c1ccc(C)c(Cl)c1)c1ccc(Br)cc1Cl. The molecule has 0 fully saturated rings. The topological polar surface area (TPSA) is 12.0 Å². The molecular weight excluding hydrogens is 357 g/mol. The Morgan fingerprint density at radius 2 is 1.85 bits per heavy atom. The summed E-state index contributed by atoms with van der Waals surface area (Å²) in [5.74, 6) is 0. The van der Waals surface area contributed by atoms with Gasteiger partial charge in [0.1, 0.15) is 0 Å². The van der Waals surface area contributed by atoms with Gasteiger partial charge in [-0.3, -0.25) is 0 Å². The molecule has 0 aliphatic heterocycles. The first kappa shape index (κ1) is 15.8. The third-order valence-electron chi connectivity index (χ3n) is 3.21. The maximum Gasteiger partial charge on any atom is 0.0591 e. The lowest BCUT2D eigenvalue weighted by Gasteiger charge is -2.21. The molecule has 0 spiro atoms. The Morgan fingerprint density at radius 3 is 2.45 bits per heavy atom. The molecule has 106 valence electrons. The summed E-state index contributed by atoms with van der Waals surface area (Å²) in [4.78, 5) is 0. The summed E-state index contributed by atoms with van der Waals surface area (Å²) in [5.41, 5.74) is 3.25. The molecule has 0 bridgehead atoms. The van der Waals surface area contributed by atoms with Crippen molar-refractivity contribution >= 4 is 39.1 Å². The van der Waals surface area contributed by atoms with Gasteiger partial charge in [-0.25, -0.2) is 0 Å². The smallest absolute Gasteiger partial charge is 0.0591 e. The summed E-state index contributed by atoms with van der Waals surface area (Å²) in [5, 5.41) is 4.98. The van der Waals surface area contributed by atoms with Gasteiger partial charge in [-0.15, -0.1) is 0 Å². The van der Waals surface area contributed by atoms with Crippen LogP contribution in [0, 0.1) is 6.92 Å². The van der Waals surface area contributed by atoms with Crippen LogP contribution in [-0.4, -0.2) is 6.54 Å². The zero-order chi connectivity index (χ0) is 14.7. The van der Waals surface area contributed by atoms with Crippen molar-refractivity contribution < 1.29 is 0 Å². The van der Waals surface area contributed by atoms with Crippen molar-refractivity contribution in [2.75, 3.05) is 6.54 Å². The van der Waals surface area contributed by atoms with Gasteiger partial charge in [0.05, 0.1) is 6.04 Å². The lowest BCUT2D eigenvalue weighted by molar-refractivity contribution is 0.630. The molecule has 0 radical (unpaired) electrons. The second-order valence-corrected chi connectivity index (χ2v) is 6.40. The maximum absolute atomic E-state index is 6.38. The number of rotatable bonds is 4. The summed E-state index contributed by atoms with van der Waals surface area (Å²) in [6.45, 7) is 4.93. The first-order valence-electron chi connectivity index (χ1n) is 6.47. The Morgan fingerprint density at radius 1 is 1.10 bits per heavy atom. The fraction of sp³-hybridized carbons (Fsp3) is 0.250. The number of halogens is 3. The summed E-state index contributed by atoms with van der Waals surface area (Å²) in [7, 11) is 0. The van der Waals surface area contributed by atoms with Crippen molar-refractivity contribution in [3.05, 3.63) is 67.6 Å². The zero-order valence-electron chi connectivity index (χ0n) is 11.4. The lowest BCUT2D eigenvalue weighted by Crippen LogP contribution is -2.22. The minimum Gasteiger partial charge on any atom is -0.306 e. The highest BCUT2D eigenvalue weighted by Gasteiger charge is 2.17. The predicted molar refractivity (Wildman–Crippen MR) is 90.9 cm³/mol. The van der Waals surface area contributed by atoms with Gasteiger partial charge in [0.25, 0.3) is 0 Å². The van der Waals surface area contributed by atoms with E-state index in [2.05, 4.69) is 34.2 Å². The predicted octanol–water partition coefficient (Wildman–Crippen LogP) is 5.76. The van der Waals surface area contributed by atoms with Gasteiger partial charge >= 0.3 is 0 Å². The standard InChI is InChI=1S/C16H16BrCl2N/c1-3-20-16(11-5-4-10(2)14(18)8-11)13-7-6-12(17)9-15(13)19/h4-9,16,20H,3H2,1-2H3. The minimum absolute atomic E-state index is 0.0405. The van der Waals surface area contributed by atoms with Crippen LogP contribution in [0.15, 0.2) is 40.9 Å². The summed E-state index contributed by atoms with van der Waals surface area (Å²) in [6, 6.07) is 12.1. The molecule has 1 N–H and O–H groups in total. The number of nitrogens with one attached hydrogen (secondary N) is 1. The number of hydrogen-bond donors (Lipinski definition) is 1. The van der Waals surface area contributed by atoms with E-state index in [0.29, 0.717) is 0 Å². The van der Waals surface area contributed by atoms with E-state index < -0.39 is 0 Å². The van der Waals surface area contributed by atoms with Gasteiger partial charge in [-0.1, -0.05) is 64.3 Å². The van der Waals surface area contributed by atoms with Crippen LogP contribution in [0.25, 0.3) is 0 Å². The molecule has 4 heteroatoms. The monoisotopic (exact) mass is 371 g/mol. The summed E-state index contributed by atoms with van der Waals surface area (Å²) < 4.78 is 0.975. The van der Waals surface area contributed by atoms with Crippen molar-refractivity contribution in [3.63, 3.8) is 0 Å². The highest BCUT2D eigenvalue weighted by atomic mass is 79.9. The molecule has 1 nitrogen and oxygen atoms in total. The molecule has 2 aromatic rings. The fourth-order valence-electron chi connectivity index (χ4n) is 2.14. The largest absolute Gasteiger partial charge is 0.306 e. The summed E-state index contributed by atoms with van der Waals surface area (Å²) >= 11 is 16.1.